The van der Waals surface area contributed by atoms with Crippen LogP contribution in [-0.4, -0.2) is 38.4 Å². The van der Waals surface area contributed by atoms with Gasteiger partial charge in [-0.15, -0.1) is 0 Å². The lowest BCUT2D eigenvalue weighted by Crippen LogP contribution is -2.47. The molecule has 0 aliphatic carbocycles. The van der Waals surface area contributed by atoms with E-state index < -0.39 is 0 Å². The van der Waals surface area contributed by atoms with Crippen molar-refractivity contribution in [2.24, 2.45) is 4.99 Å². The van der Waals surface area contributed by atoms with E-state index in [1.54, 1.807) is 0 Å². The topological polar surface area (TPSA) is 54.9 Å². The van der Waals surface area contributed by atoms with Gasteiger partial charge in [-0.05, 0) is 45.2 Å². The summed E-state index contributed by atoms with van der Waals surface area (Å²) in [5.74, 6) is 1.69. The minimum atomic E-state index is -0.235. The molecule has 2 aromatic carbocycles. The summed E-state index contributed by atoms with van der Waals surface area (Å²) in [6.07, 6.45) is 2.01. The van der Waals surface area contributed by atoms with E-state index in [1.807, 2.05) is 25.2 Å². The van der Waals surface area contributed by atoms with Gasteiger partial charge in [0.05, 0.1) is 0 Å². The van der Waals surface area contributed by atoms with Gasteiger partial charge in [0.15, 0.2) is 5.96 Å². The molecule has 0 spiro atoms. The van der Waals surface area contributed by atoms with E-state index in [9.17, 15) is 0 Å². The highest BCUT2D eigenvalue weighted by molar-refractivity contribution is 5.79. The quantitative estimate of drug-likeness (QED) is 0.552. The van der Waals surface area contributed by atoms with Gasteiger partial charge in [0.2, 0.25) is 0 Å². The van der Waals surface area contributed by atoms with Crippen molar-refractivity contribution in [2.45, 2.75) is 51.2 Å². The van der Waals surface area contributed by atoms with Crippen molar-refractivity contribution < 1.29 is 9.47 Å². The first kappa shape index (κ1) is 22.2. The van der Waals surface area contributed by atoms with Crippen molar-refractivity contribution in [3.63, 3.8) is 0 Å². The van der Waals surface area contributed by atoms with Crippen LogP contribution in [0.4, 0.5) is 0 Å². The fourth-order valence-corrected chi connectivity index (χ4v) is 3.85. The molecule has 0 saturated carbocycles. The fraction of sp³-hybridized carbons (Fsp3) is 0.480. The minimum Gasteiger partial charge on any atom is -0.488 e. The number of nitrogens with zero attached hydrogens (tertiary/aromatic N) is 1. The molecule has 5 heteroatoms. The zero-order valence-corrected chi connectivity index (χ0v) is 18.7. The second kappa shape index (κ2) is 9.98. The van der Waals surface area contributed by atoms with Crippen molar-refractivity contribution in [3.8, 4) is 5.75 Å². The van der Waals surface area contributed by atoms with Crippen LogP contribution in [0.15, 0.2) is 59.6 Å². The van der Waals surface area contributed by atoms with Crippen LogP contribution in [0.5, 0.6) is 5.75 Å². The molecule has 0 unspecified atom stereocenters. The first-order chi connectivity index (χ1) is 14.4. The number of ether oxygens (including phenoxy) is 2. The zero-order chi connectivity index (χ0) is 21.5. The third kappa shape index (κ3) is 5.99. The van der Waals surface area contributed by atoms with Gasteiger partial charge < -0.3 is 20.1 Å². The van der Waals surface area contributed by atoms with Gasteiger partial charge in [0.25, 0.3) is 0 Å². The average Bonchev–Trinajstić information content (AvgIpc) is 2.75. The van der Waals surface area contributed by atoms with E-state index >= 15 is 0 Å². The second-order valence-electron chi connectivity index (χ2n) is 8.86. The molecule has 2 aromatic rings. The van der Waals surface area contributed by atoms with Crippen LogP contribution in [0, 0.1) is 0 Å². The Bertz CT molecular complexity index is 822. The molecule has 3 rings (SSSR count). The van der Waals surface area contributed by atoms with Gasteiger partial charge in [0, 0.05) is 44.3 Å². The van der Waals surface area contributed by atoms with Gasteiger partial charge in [0.1, 0.15) is 11.4 Å². The summed E-state index contributed by atoms with van der Waals surface area (Å²) in [5, 5.41) is 7.01. The maximum absolute atomic E-state index is 6.11. The Morgan fingerprint density at radius 1 is 1.00 bits per heavy atom. The molecule has 1 aliphatic heterocycles. The summed E-state index contributed by atoms with van der Waals surface area (Å²) in [6.45, 7) is 9.24. The Labute approximate surface area is 180 Å². The summed E-state index contributed by atoms with van der Waals surface area (Å²) in [5.41, 5.74) is 2.30. The number of benzene rings is 2. The second-order valence-corrected chi connectivity index (χ2v) is 8.86. The lowest BCUT2D eigenvalue weighted by Gasteiger charge is -2.38. The predicted octanol–water partition coefficient (Wildman–Crippen LogP) is 4.28. The van der Waals surface area contributed by atoms with Crippen LogP contribution in [0.25, 0.3) is 0 Å². The van der Waals surface area contributed by atoms with Crippen molar-refractivity contribution in [3.05, 3.63) is 65.7 Å². The fourth-order valence-electron chi connectivity index (χ4n) is 3.85. The number of guanidine groups is 1. The summed E-state index contributed by atoms with van der Waals surface area (Å²) in [6, 6.07) is 18.9. The largest absolute Gasteiger partial charge is 0.488 e. The van der Waals surface area contributed by atoms with Crippen LogP contribution in [0.1, 0.15) is 44.7 Å². The zero-order valence-electron chi connectivity index (χ0n) is 18.7. The Morgan fingerprint density at radius 3 is 2.33 bits per heavy atom. The Kier molecular flexibility index (Phi) is 7.38. The Morgan fingerprint density at radius 2 is 1.67 bits per heavy atom. The molecule has 30 heavy (non-hydrogen) atoms. The van der Waals surface area contributed by atoms with E-state index in [1.165, 1.54) is 5.56 Å². The normalized spacial score (nSPS) is 16.7. The SMILES string of the molecule is CN=C(NCc1ccccc1OC(C)(C)C)NCC1(c2ccccc2)CCOCC1. The molecule has 162 valence electrons. The van der Waals surface area contributed by atoms with Crippen molar-refractivity contribution in [2.75, 3.05) is 26.8 Å². The molecule has 0 radical (unpaired) electrons. The third-order valence-corrected chi connectivity index (χ3v) is 5.49. The van der Waals surface area contributed by atoms with E-state index in [0.717, 1.165) is 49.9 Å². The Balaban J connectivity index is 1.65. The molecule has 0 amide bonds. The molecule has 1 heterocycles. The van der Waals surface area contributed by atoms with Gasteiger partial charge in [-0.25, -0.2) is 0 Å². The van der Waals surface area contributed by atoms with Crippen LogP contribution < -0.4 is 15.4 Å². The molecule has 1 fully saturated rings. The Hall–Kier alpha value is -2.53. The van der Waals surface area contributed by atoms with Crippen LogP contribution in [0.2, 0.25) is 0 Å². The molecule has 1 aliphatic rings. The number of rotatable bonds is 6. The van der Waals surface area contributed by atoms with E-state index in [0.29, 0.717) is 6.54 Å². The van der Waals surface area contributed by atoms with Gasteiger partial charge in [-0.1, -0.05) is 48.5 Å². The molecular formula is C25H35N3O2. The summed E-state index contributed by atoms with van der Waals surface area (Å²) < 4.78 is 11.8. The number of aliphatic imine (C=N–C) groups is 1. The first-order valence-electron chi connectivity index (χ1n) is 10.8. The predicted molar refractivity (Wildman–Crippen MR) is 123 cm³/mol. The number of hydrogen-bond acceptors (Lipinski definition) is 3. The van der Waals surface area contributed by atoms with Crippen molar-refractivity contribution in [1.82, 2.24) is 10.6 Å². The van der Waals surface area contributed by atoms with Crippen LogP contribution in [-0.2, 0) is 16.7 Å². The number of nitrogens with one attached hydrogen (secondary N) is 2. The van der Waals surface area contributed by atoms with E-state index in [4.69, 9.17) is 9.47 Å². The molecule has 5 nitrogen and oxygen atoms in total. The standard InChI is InChI=1S/C25H35N3O2/c1-24(2,3)30-22-13-9-8-10-20(22)18-27-23(26-4)28-19-25(14-16-29-17-15-25)21-11-6-5-7-12-21/h5-13H,14-19H2,1-4H3,(H2,26,27,28). The maximum Gasteiger partial charge on any atom is 0.191 e. The lowest BCUT2D eigenvalue weighted by atomic mass is 9.74. The van der Waals surface area contributed by atoms with Gasteiger partial charge in [-0.2, -0.15) is 0 Å². The molecule has 0 bridgehead atoms. The number of para-hydroxylation sites is 1. The lowest BCUT2D eigenvalue weighted by molar-refractivity contribution is 0.0514. The minimum absolute atomic E-state index is 0.0599. The smallest absolute Gasteiger partial charge is 0.191 e. The molecule has 0 atom stereocenters. The first-order valence-corrected chi connectivity index (χ1v) is 10.8. The average molecular weight is 410 g/mol. The molecule has 1 saturated heterocycles. The van der Waals surface area contributed by atoms with Crippen molar-refractivity contribution in [1.29, 1.82) is 0 Å². The summed E-state index contributed by atoms with van der Waals surface area (Å²) in [4.78, 5) is 4.44. The molecule has 0 aromatic heterocycles. The van der Waals surface area contributed by atoms with Crippen LogP contribution in [0.3, 0.4) is 0 Å². The maximum atomic E-state index is 6.11. The molecular weight excluding hydrogens is 374 g/mol. The van der Waals surface area contributed by atoms with E-state index in [2.05, 4.69) is 72.8 Å². The number of hydrogen-bond donors (Lipinski definition) is 2. The van der Waals surface area contributed by atoms with Gasteiger partial charge in [-0.3, -0.25) is 4.99 Å². The summed E-state index contributed by atoms with van der Waals surface area (Å²) in [7, 11) is 1.81. The van der Waals surface area contributed by atoms with Gasteiger partial charge >= 0.3 is 0 Å². The monoisotopic (exact) mass is 409 g/mol. The third-order valence-electron chi connectivity index (χ3n) is 5.49. The summed E-state index contributed by atoms with van der Waals surface area (Å²) >= 11 is 0. The van der Waals surface area contributed by atoms with Crippen molar-refractivity contribution >= 4 is 5.96 Å². The van der Waals surface area contributed by atoms with E-state index in [-0.39, 0.29) is 11.0 Å². The highest BCUT2D eigenvalue weighted by Crippen LogP contribution is 2.34. The molecule has 2 N–H and O–H groups in total. The highest BCUT2D eigenvalue weighted by Gasteiger charge is 2.34. The van der Waals surface area contributed by atoms with Crippen LogP contribution >= 0.6 is 0 Å². The highest BCUT2D eigenvalue weighted by atomic mass is 16.5.